The molecule has 0 unspecified atom stereocenters. The molecule has 1 aromatic carbocycles. The average Bonchev–Trinajstić information content (AvgIpc) is 3.20. The molecule has 0 saturated heterocycles. The summed E-state index contributed by atoms with van der Waals surface area (Å²) in [5.74, 6) is 0.493. The lowest BCUT2D eigenvalue weighted by Gasteiger charge is -2.29. The first kappa shape index (κ1) is 19.0. The van der Waals surface area contributed by atoms with Crippen LogP contribution in [0.15, 0.2) is 42.0 Å². The molecule has 9 heteroatoms. The van der Waals surface area contributed by atoms with Crippen LogP contribution in [0.2, 0.25) is 0 Å². The maximum atomic E-state index is 12.7. The number of benzene rings is 1. The van der Waals surface area contributed by atoms with Crippen LogP contribution in [0.3, 0.4) is 0 Å². The van der Waals surface area contributed by atoms with Gasteiger partial charge in [-0.1, -0.05) is 6.07 Å². The van der Waals surface area contributed by atoms with Gasteiger partial charge in [-0.15, -0.1) is 11.3 Å². The number of nitrogens with zero attached hydrogens (tertiary/aromatic N) is 4. The maximum Gasteiger partial charge on any atom is 0.295 e. The van der Waals surface area contributed by atoms with Gasteiger partial charge >= 0.3 is 0 Å². The fourth-order valence-corrected chi connectivity index (χ4v) is 3.86. The van der Waals surface area contributed by atoms with Gasteiger partial charge in [-0.2, -0.15) is 0 Å². The van der Waals surface area contributed by atoms with E-state index in [1.807, 2.05) is 23.1 Å². The molecule has 0 bridgehead atoms. The summed E-state index contributed by atoms with van der Waals surface area (Å²) in [6.45, 7) is 1.25. The summed E-state index contributed by atoms with van der Waals surface area (Å²) in [5.41, 5.74) is 2.99. The molecule has 1 aliphatic heterocycles. The minimum Gasteiger partial charge on any atom is -0.497 e. The van der Waals surface area contributed by atoms with Gasteiger partial charge in [0.1, 0.15) is 5.75 Å². The van der Waals surface area contributed by atoms with Crippen molar-refractivity contribution in [3.63, 3.8) is 0 Å². The largest absolute Gasteiger partial charge is 0.497 e. The van der Waals surface area contributed by atoms with Gasteiger partial charge in [-0.3, -0.25) is 14.9 Å². The quantitative estimate of drug-likeness (QED) is 0.695. The zero-order valence-electron chi connectivity index (χ0n) is 15.8. The van der Waals surface area contributed by atoms with Crippen LogP contribution in [-0.2, 0) is 24.2 Å². The van der Waals surface area contributed by atoms with Crippen molar-refractivity contribution in [2.45, 2.75) is 19.4 Å². The number of rotatable bonds is 5. The van der Waals surface area contributed by atoms with Crippen molar-refractivity contribution in [1.82, 2.24) is 19.9 Å². The maximum absolute atomic E-state index is 12.7. The SMILES string of the molecule is COc1ccc2c(c1)CCN(C(=O)Cc1csc(NC(=O)c3ncccn3)n1)C2. The number of methoxy groups -OCH3 is 1. The van der Waals surface area contributed by atoms with Crippen molar-refractivity contribution in [1.29, 1.82) is 0 Å². The second-order valence-corrected chi connectivity index (χ2v) is 7.41. The molecule has 2 aromatic heterocycles. The molecule has 0 saturated carbocycles. The van der Waals surface area contributed by atoms with Crippen LogP contribution >= 0.6 is 11.3 Å². The third-order valence-electron chi connectivity index (χ3n) is 4.65. The van der Waals surface area contributed by atoms with Gasteiger partial charge < -0.3 is 9.64 Å². The van der Waals surface area contributed by atoms with Crippen LogP contribution in [-0.4, -0.2) is 45.3 Å². The molecular weight excluding hydrogens is 390 g/mol. The Labute approximate surface area is 171 Å². The van der Waals surface area contributed by atoms with Crippen molar-refractivity contribution in [2.24, 2.45) is 0 Å². The topological polar surface area (TPSA) is 97.3 Å². The van der Waals surface area contributed by atoms with Gasteiger partial charge in [0.05, 0.1) is 19.2 Å². The number of hydrogen-bond acceptors (Lipinski definition) is 7. The van der Waals surface area contributed by atoms with E-state index in [1.165, 1.54) is 29.3 Å². The number of anilines is 1. The highest BCUT2D eigenvalue weighted by molar-refractivity contribution is 7.14. The molecule has 29 heavy (non-hydrogen) atoms. The number of carbonyl (C=O) groups is 2. The number of nitrogens with one attached hydrogen (secondary N) is 1. The number of fused-ring (bicyclic) bond motifs is 1. The van der Waals surface area contributed by atoms with E-state index in [2.05, 4.69) is 20.3 Å². The summed E-state index contributed by atoms with van der Waals surface area (Å²) in [5, 5.41) is 4.86. The molecule has 2 amide bonds. The molecule has 3 heterocycles. The van der Waals surface area contributed by atoms with E-state index in [1.54, 1.807) is 18.6 Å². The van der Waals surface area contributed by atoms with Gasteiger partial charge in [-0.05, 0) is 35.7 Å². The van der Waals surface area contributed by atoms with Gasteiger partial charge in [-0.25, -0.2) is 15.0 Å². The predicted molar refractivity (Wildman–Crippen MR) is 108 cm³/mol. The second-order valence-electron chi connectivity index (χ2n) is 6.55. The predicted octanol–water partition coefficient (Wildman–Crippen LogP) is 2.32. The monoisotopic (exact) mass is 409 g/mol. The van der Waals surface area contributed by atoms with Crippen LogP contribution in [0.25, 0.3) is 0 Å². The smallest absolute Gasteiger partial charge is 0.295 e. The molecule has 3 aromatic rings. The lowest BCUT2D eigenvalue weighted by atomic mass is 9.99. The van der Waals surface area contributed by atoms with E-state index in [0.29, 0.717) is 23.9 Å². The highest BCUT2D eigenvalue weighted by atomic mass is 32.1. The Kier molecular flexibility index (Phi) is 5.48. The van der Waals surface area contributed by atoms with Crippen molar-refractivity contribution in [3.8, 4) is 5.75 Å². The van der Waals surface area contributed by atoms with E-state index in [4.69, 9.17) is 4.74 Å². The third-order valence-corrected chi connectivity index (χ3v) is 5.46. The highest BCUT2D eigenvalue weighted by Crippen LogP contribution is 2.24. The Balaban J connectivity index is 1.36. The van der Waals surface area contributed by atoms with E-state index in [-0.39, 0.29) is 18.2 Å². The zero-order chi connectivity index (χ0) is 20.2. The number of amides is 2. The molecular formula is C20H19N5O3S. The molecule has 1 aliphatic rings. The molecule has 1 N–H and O–H groups in total. The minimum atomic E-state index is -0.430. The Morgan fingerprint density at radius 2 is 2.07 bits per heavy atom. The second kappa shape index (κ2) is 8.36. The van der Waals surface area contributed by atoms with Gasteiger partial charge in [0, 0.05) is 30.9 Å². The van der Waals surface area contributed by atoms with Crippen molar-refractivity contribution in [2.75, 3.05) is 19.0 Å². The molecule has 4 rings (SSSR count). The molecule has 0 aliphatic carbocycles. The number of carbonyl (C=O) groups excluding carboxylic acids is 2. The van der Waals surface area contributed by atoms with E-state index in [0.717, 1.165) is 17.7 Å². The molecule has 0 atom stereocenters. The number of thiazole rings is 1. The number of hydrogen-bond donors (Lipinski definition) is 1. The molecule has 0 spiro atoms. The average molecular weight is 409 g/mol. The van der Waals surface area contributed by atoms with E-state index in [9.17, 15) is 9.59 Å². The standard InChI is InChI=1S/C20H19N5O3S/c1-28-16-4-3-14-11-25(8-5-13(14)9-16)17(26)10-15-12-29-20(23-15)24-19(27)18-21-6-2-7-22-18/h2-4,6-7,9,12H,5,8,10-11H2,1H3,(H,23,24,27). The van der Waals surface area contributed by atoms with Crippen LogP contribution in [0.1, 0.15) is 27.4 Å². The van der Waals surface area contributed by atoms with E-state index >= 15 is 0 Å². The van der Waals surface area contributed by atoms with Gasteiger partial charge in [0.25, 0.3) is 5.91 Å². The fourth-order valence-electron chi connectivity index (χ4n) is 3.15. The fraction of sp³-hybridized carbons (Fsp3) is 0.250. The van der Waals surface area contributed by atoms with Gasteiger partial charge in [0.2, 0.25) is 11.7 Å². The Morgan fingerprint density at radius 1 is 1.24 bits per heavy atom. The third kappa shape index (κ3) is 4.40. The molecule has 8 nitrogen and oxygen atoms in total. The van der Waals surface area contributed by atoms with Crippen molar-refractivity contribution in [3.05, 3.63) is 64.7 Å². The highest BCUT2D eigenvalue weighted by Gasteiger charge is 2.22. The summed E-state index contributed by atoms with van der Waals surface area (Å²) in [6.07, 6.45) is 3.99. The van der Waals surface area contributed by atoms with Crippen LogP contribution in [0, 0.1) is 0 Å². The summed E-state index contributed by atoms with van der Waals surface area (Å²) in [6, 6.07) is 7.59. The van der Waals surface area contributed by atoms with Crippen LogP contribution < -0.4 is 10.1 Å². The summed E-state index contributed by atoms with van der Waals surface area (Å²) in [4.78, 5) is 38.8. The van der Waals surface area contributed by atoms with Crippen molar-refractivity contribution >= 4 is 28.3 Å². The first-order valence-electron chi connectivity index (χ1n) is 9.08. The first-order valence-corrected chi connectivity index (χ1v) is 9.96. The summed E-state index contributed by atoms with van der Waals surface area (Å²) < 4.78 is 5.27. The van der Waals surface area contributed by atoms with Crippen LogP contribution in [0.5, 0.6) is 5.75 Å². The van der Waals surface area contributed by atoms with Crippen LogP contribution in [0.4, 0.5) is 5.13 Å². The summed E-state index contributed by atoms with van der Waals surface area (Å²) in [7, 11) is 1.65. The number of aromatic nitrogens is 3. The minimum absolute atomic E-state index is 0.0148. The Hall–Kier alpha value is -3.33. The lowest BCUT2D eigenvalue weighted by Crippen LogP contribution is -2.37. The normalized spacial score (nSPS) is 12.9. The van der Waals surface area contributed by atoms with E-state index < -0.39 is 5.91 Å². The Bertz CT molecular complexity index is 1040. The zero-order valence-corrected chi connectivity index (χ0v) is 16.6. The lowest BCUT2D eigenvalue weighted by molar-refractivity contribution is -0.131. The molecule has 148 valence electrons. The summed E-state index contributed by atoms with van der Waals surface area (Å²) >= 11 is 1.27. The van der Waals surface area contributed by atoms with Gasteiger partial charge in [0.15, 0.2) is 5.13 Å². The number of ether oxygens (including phenoxy) is 1. The Morgan fingerprint density at radius 3 is 2.86 bits per heavy atom. The first-order chi connectivity index (χ1) is 14.1. The molecule has 0 radical (unpaired) electrons. The molecule has 0 fully saturated rings. The van der Waals surface area contributed by atoms with Crippen molar-refractivity contribution < 1.29 is 14.3 Å².